The minimum Gasteiger partial charge on any atom is -0.0878 e. The van der Waals surface area contributed by atoms with Gasteiger partial charge in [0.05, 0.1) is 0 Å². The minimum absolute atomic E-state index is 1.14. The van der Waals surface area contributed by atoms with Crippen molar-refractivity contribution >= 4 is 45.2 Å². The van der Waals surface area contributed by atoms with E-state index < -0.39 is 0 Å². The molecule has 0 saturated heterocycles. The Hall–Kier alpha value is 0.940. The van der Waals surface area contributed by atoms with Gasteiger partial charge >= 0.3 is 0 Å². The van der Waals surface area contributed by atoms with E-state index in [9.17, 15) is 0 Å². The second kappa shape index (κ2) is 10.9. The number of hydrogen-bond acceptors (Lipinski definition) is 0. The third-order valence-electron chi connectivity index (χ3n) is 1.25. The Morgan fingerprint density at radius 2 is 1.18 bits per heavy atom. The van der Waals surface area contributed by atoms with Crippen LogP contribution >= 0.6 is 45.2 Å². The first kappa shape index (κ1) is 11.9. The zero-order valence-electron chi connectivity index (χ0n) is 6.60. The third-order valence-corrected chi connectivity index (χ3v) is 2.27. The van der Waals surface area contributed by atoms with Crippen LogP contribution in [0.3, 0.4) is 0 Å². The van der Waals surface area contributed by atoms with Gasteiger partial charge in [0, 0.05) is 8.86 Å². The van der Waals surface area contributed by atoms with Crippen molar-refractivity contribution in [3.63, 3.8) is 0 Å². The van der Waals surface area contributed by atoms with Crippen LogP contribution in [0.2, 0.25) is 0 Å². The molecular formula is C9H14I2. The molecule has 0 unspecified atom stereocenters. The van der Waals surface area contributed by atoms with Crippen molar-refractivity contribution in [2.24, 2.45) is 0 Å². The van der Waals surface area contributed by atoms with Gasteiger partial charge in [0.15, 0.2) is 0 Å². The molecule has 0 radical (unpaired) electrons. The molecule has 0 aromatic heterocycles. The van der Waals surface area contributed by atoms with Gasteiger partial charge in [-0.3, -0.25) is 0 Å². The lowest BCUT2D eigenvalue weighted by atomic mass is 10.2. The van der Waals surface area contributed by atoms with E-state index in [-0.39, 0.29) is 0 Å². The van der Waals surface area contributed by atoms with Crippen LogP contribution in [-0.2, 0) is 0 Å². The van der Waals surface area contributed by atoms with Crippen molar-refractivity contribution in [3.8, 4) is 0 Å². The fraction of sp³-hybridized carbons (Fsp3) is 0.556. The van der Waals surface area contributed by atoms with E-state index in [1.54, 1.807) is 0 Å². The molecule has 0 amide bonds. The van der Waals surface area contributed by atoms with Crippen molar-refractivity contribution in [1.82, 2.24) is 0 Å². The van der Waals surface area contributed by atoms with Crippen LogP contribution in [0.5, 0.6) is 0 Å². The monoisotopic (exact) mass is 376 g/mol. The Labute approximate surface area is 96.8 Å². The van der Waals surface area contributed by atoms with Crippen molar-refractivity contribution in [3.05, 3.63) is 24.3 Å². The van der Waals surface area contributed by atoms with Crippen molar-refractivity contribution in [2.45, 2.75) is 19.3 Å². The van der Waals surface area contributed by atoms with Crippen LogP contribution in [-0.4, -0.2) is 8.86 Å². The Morgan fingerprint density at radius 1 is 0.727 bits per heavy atom. The number of alkyl halides is 2. The summed E-state index contributed by atoms with van der Waals surface area (Å²) in [6.07, 6.45) is 12.7. The molecule has 0 aliphatic heterocycles. The number of allylic oxidation sites excluding steroid dienone is 4. The van der Waals surface area contributed by atoms with Crippen molar-refractivity contribution in [1.29, 1.82) is 0 Å². The molecule has 0 aromatic carbocycles. The largest absolute Gasteiger partial charge is 0.0878 e. The SMILES string of the molecule is IC/C=C/CCC/C=C/CI. The molecule has 0 bridgehead atoms. The Kier molecular flexibility index (Phi) is 11.9. The molecule has 0 aromatic rings. The summed E-state index contributed by atoms with van der Waals surface area (Å²) < 4.78 is 2.28. The van der Waals surface area contributed by atoms with E-state index in [4.69, 9.17) is 0 Å². The normalized spacial score (nSPS) is 11.8. The van der Waals surface area contributed by atoms with Crippen LogP contribution in [0.1, 0.15) is 19.3 Å². The van der Waals surface area contributed by atoms with E-state index >= 15 is 0 Å². The highest BCUT2D eigenvalue weighted by atomic mass is 127. The van der Waals surface area contributed by atoms with E-state index in [0.717, 1.165) is 8.86 Å². The van der Waals surface area contributed by atoms with Crippen LogP contribution in [0.4, 0.5) is 0 Å². The highest BCUT2D eigenvalue weighted by Gasteiger charge is 1.79. The molecule has 0 heterocycles. The van der Waals surface area contributed by atoms with E-state index in [1.807, 2.05) is 0 Å². The van der Waals surface area contributed by atoms with Gasteiger partial charge in [-0.15, -0.1) is 0 Å². The highest BCUT2D eigenvalue weighted by molar-refractivity contribution is 14.1. The van der Waals surface area contributed by atoms with Crippen LogP contribution in [0, 0.1) is 0 Å². The number of rotatable bonds is 6. The molecule has 0 fully saturated rings. The predicted octanol–water partition coefficient (Wildman–Crippen LogP) is 4.14. The van der Waals surface area contributed by atoms with Gasteiger partial charge < -0.3 is 0 Å². The Morgan fingerprint density at radius 3 is 1.55 bits per heavy atom. The van der Waals surface area contributed by atoms with Gasteiger partial charge in [0.25, 0.3) is 0 Å². The standard InChI is InChI=1S/C9H14I2/c10-8-6-4-2-1-3-5-7-9-11/h4-7H,1-3,8-9H2/b6-4+,7-5+. The zero-order chi connectivity index (χ0) is 8.36. The molecule has 11 heavy (non-hydrogen) atoms. The fourth-order valence-corrected chi connectivity index (χ4v) is 1.43. The molecule has 2 heteroatoms. The zero-order valence-corrected chi connectivity index (χ0v) is 10.9. The smallest absolute Gasteiger partial charge is 0.0175 e. The first-order valence-corrected chi connectivity index (χ1v) is 6.89. The van der Waals surface area contributed by atoms with Crippen LogP contribution < -0.4 is 0 Å². The van der Waals surface area contributed by atoms with E-state index in [1.165, 1.54) is 19.3 Å². The van der Waals surface area contributed by atoms with Crippen molar-refractivity contribution in [2.75, 3.05) is 8.86 Å². The van der Waals surface area contributed by atoms with Gasteiger partial charge in [-0.2, -0.15) is 0 Å². The van der Waals surface area contributed by atoms with Crippen molar-refractivity contribution < 1.29 is 0 Å². The van der Waals surface area contributed by atoms with Gasteiger partial charge in [-0.1, -0.05) is 69.5 Å². The molecule has 0 N–H and O–H groups in total. The second-order valence-corrected chi connectivity index (χ2v) is 3.94. The van der Waals surface area contributed by atoms with Crippen LogP contribution in [0.15, 0.2) is 24.3 Å². The summed E-state index contributed by atoms with van der Waals surface area (Å²) in [6, 6.07) is 0. The van der Waals surface area contributed by atoms with Gasteiger partial charge in [0.2, 0.25) is 0 Å². The fourth-order valence-electron chi connectivity index (χ4n) is 0.715. The van der Waals surface area contributed by atoms with E-state index in [0.29, 0.717) is 0 Å². The minimum atomic E-state index is 1.14. The summed E-state index contributed by atoms with van der Waals surface area (Å²) in [6.45, 7) is 0. The maximum absolute atomic E-state index is 2.36. The first-order valence-electron chi connectivity index (χ1n) is 3.83. The second-order valence-electron chi connectivity index (χ2n) is 2.18. The predicted molar refractivity (Wildman–Crippen MR) is 69.9 cm³/mol. The first-order chi connectivity index (χ1) is 5.41. The summed E-state index contributed by atoms with van der Waals surface area (Å²) in [5.41, 5.74) is 0. The maximum atomic E-state index is 2.36. The lowest BCUT2D eigenvalue weighted by Crippen LogP contribution is -1.70. The molecule has 0 rings (SSSR count). The van der Waals surface area contributed by atoms with Gasteiger partial charge in [0.1, 0.15) is 0 Å². The maximum Gasteiger partial charge on any atom is 0.0175 e. The average molecular weight is 376 g/mol. The molecule has 0 spiro atoms. The number of unbranched alkanes of at least 4 members (excludes halogenated alkanes) is 2. The quantitative estimate of drug-likeness (QED) is 0.283. The van der Waals surface area contributed by atoms with Gasteiger partial charge in [-0.25, -0.2) is 0 Å². The molecule has 0 nitrogen and oxygen atoms in total. The highest BCUT2D eigenvalue weighted by Crippen LogP contribution is 1.99. The molecule has 0 aliphatic carbocycles. The topological polar surface area (TPSA) is 0 Å². The van der Waals surface area contributed by atoms with E-state index in [2.05, 4.69) is 69.5 Å². The van der Waals surface area contributed by atoms with Gasteiger partial charge in [-0.05, 0) is 19.3 Å². The Bertz CT molecular complexity index is 103. The molecule has 0 atom stereocenters. The lowest BCUT2D eigenvalue weighted by molar-refractivity contribution is 0.867. The van der Waals surface area contributed by atoms with Crippen LogP contribution in [0.25, 0.3) is 0 Å². The summed E-state index contributed by atoms with van der Waals surface area (Å²) in [5, 5.41) is 0. The summed E-state index contributed by atoms with van der Waals surface area (Å²) >= 11 is 4.72. The lowest BCUT2D eigenvalue weighted by Gasteiger charge is -1.88. The summed E-state index contributed by atoms with van der Waals surface area (Å²) in [7, 11) is 0. The molecule has 64 valence electrons. The summed E-state index contributed by atoms with van der Waals surface area (Å²) in [5.74, 6) is 0. The molecular weight excluding hydrogens is 362 g/mol. The molecule has 0 aliphatic rings. The summed E-state index contributed by atoms with van der Waals surface area (Å²) in [4.78, 5) is 0. The third kappa shape index (κ3) is 10.9. The number of hydrogen-bond donors (Lipinski definition) is 0. The number of halogens is 2. The average Bonchev–Trinajstić information content (AvgIpc) is 2.03. The Balaban J connectivity index is 3.02. The molecule has 0 saturated carbocycles.